The fourth-order valence-corrected chi connectivity index (χ4v) is 3.16. The normalized spacial score (nSPS) is 12.3. The molecule has 0 unspecified atom stereocenters. The highest BCUT2D eigenvalue weighted by Gasteiger charge is 2.07. The Hall–Kier alpha value is -2.36. The maximum atomic E-state index is 11.4. The highest BCUT2D eigenvalue weighted by Crippen LogP contribution is 2.09. The Kier molecular flexibility index (Phi) is 9.85. The molecule has 0 spiro atoms. The Morgan fingerprint density at radius 3 is 2.50 bits per heavy atom. The van der Waals surface area contributed by atoms with Crippen molar-refractivity contribution in [1.82, 2.24) is 10.6 Å². The summed E-state index contributed by atoms with van der Waals surface area (Å²) in [4.78, 5) is 4.69. The number of benzene rings is 1. The summed E-state index contributed by atoms with van der Waals surface area (Å²) in [6.45, 7) is 6.67. The molecule has 9 heteroatoms. The second kappa shape index (κ2) is 12.4. The van der Waals surface area contributed by atoms with E-state index in [2.05, 4.69) is 15.6 Å². The third-order valence-electron chi connectivity index (χ3n) is 4.23. The zero-order valence-electron chi connectivity index (χ0n) is 17.6. The smallest absolute Gasteiger partial charge is 0.238 e. The summed E-state index contributed by atoms with van der Waals surface area (Å²) in [6.07, 6.45) is 4.60. The number of unbranched alkanes of at least 4 members (excludes halogenated alkanes) is 1. The zero-order chi connectivity index (χ0) is 21.8. The lowest BCUT2D eigenvalue weighted by molar-refractivity contribution is 0.0762. The molecular formula is C21H32N4O4S. The number of furan rings is 1. The van der Waals surface area contributed by atoms with Gasteiger partial charge in [0.05, 0.1) is 23.8 Å². The number of rotatable bonds is 12. The van der Waals surface area contributed by atoms with Crippen LogP contribution in [0.15, 0.2) is 57.0 Å². The molecule has 0 fully saturated rings. The first-order valence-electron chi connectivity index (χ1n) is 10.1. The molecule has 1 heterocycles. The van der Waals surface area contributed by atoms with E-state index < -0.39 is 10.0 Å². The van der Waals surface area contributed by atoms with Gasteiger partial charge in [-0.1, -0.05) is 12.1 Å². The van der Waals surface area contributed by atoms with Gasteiger partial charge in [-0.25, -0.2) is 18.5 Å². The summed E-state index contributed by atoms with van der Waals surface area (Å²) in [5.41, 5.74) is 0.889. The fraction of sp³-hybridized carbons (Fsp3) is 0.476. The zero-order valence-corrected chi connectivity index (χ0v) is 18.5. The van der Waals surface area contributed by atoms with Crippen molar-refractivity contribution in [3.8, 4) is 0 Å². The number of nitrogens with two attached hydrogens (primary N) is 1. The van der Waals surface area contributed by atoms with Crippen molar-refractivity contribution in [2.45, 2.75) is 50.7 Å². The van der Waals surface area contributed by atoms with Crippen LogP contribution in [0.4, 0.5) is 0 Å². The van der Waals surface area contributed by atoms with E-state index in [1.54, 1.807) is 18.4 Å². The molecule has 2 aromatic rings. The van der Waals surface area contributed by atoms with Crippen LogP contribution < -0.4 is 15.8 Å². The summed E-state index contributed by atoms with van der Waals surface area (Å²) in [7, 11) is -3.69. The lowest BCUT2D eigenvalue weighted by atomic mass is 10.2. The van der Waals surface area contributed by atoms with Crippen LogP contribution in [0, 0.1) is 0 Å². The van der Waals surface area contributed by atoms with Gasteiger partial charge < -0.3 is 19.8 Å². The van der Waals surface area contributed by atoms with E-state index in [1.807, 2.05) is 26.0 Å². The van der Waals surface area contributed by atoms with Gasteiger partial charge in [-0.2, -0.15) is 0 Å². The predicted octanol–water partition coefficient (Wildman–Crippen LogP) is 2.41. The number of aliphatic imine (C=N–C) groups is 1. The number of guanidine groups is 1. The van der Waals surface area contributed by atoms with Crippen LogP contribution in [0.2, 0.25) is 0 Å². The quantitative estimate of drug-likeness (QED) is 0.267. The Balaban J connectivity index is 1.87. The molecule has 0 saturated carbocycles. The van der Waals surface area contributed by atoms with Gasteiger partial charge in [0.2, 0.25) is 10.0 Å². The maximum absolute atomic E-state index is 11.4. The summed E-state index contributed by atoms with van der Waals surface area (Å²) in [6, 6.07) is 10.2. The van der Waals surface area contributed by atoms with Crippen molar-refractivity contribution in [2.24, 2.45) is 10.1 Å². The lowest BCUT2D eigenvalue weighted by Crippen LogP contribution is -2.39. The van der Waals surface area contributed by atoms with E-state index in [0.717, 1.165) is 43.7 Å². The highest BCUT2D eigenvalue weighted by atomic mass is 32.2. The van der Waals surface area contributed by atoms with Crippen molar-refractivity contribution in [2.75, 3.05) is 19.7 Å². The number of hydrogen-bond donors (Lipinski definition) is 3. The number of nitrogens with one attached hydrogen (secondary N) is 2. The van der Waals surface area contributed by atoms with Gasteiger partial charge in [-0.3, -0.25) is 0 Å². The molecule has 0 radical (unpaired) electrons. The third-order valence-corrected chi connectivity index (χ3v) is 5.16. The minimum Gasteiger partial charge on any atom is -0.469 e. The standard InChI is InChI=1S/C21H32N4O4S/c1-17(2)28-14-4-3-12-23-21(24-13-11-19-6-5-15-29-19)25-16-18-7-9-20(10-8-18)30(22,26)27/h5-10,15,17H,3-4,11-14,16H2,1-2H3,(H2,22,26,27)(H2,23,24,25). The van der Waals surface area contributed by atoms with E-state index in [-0.39, 0.29) is 11.0 Å². The van der Waals surface area contributed by atoms with Crippen LogP contribution in [0.5, 0.6) is 0 Å². The molecule has 0 aliphatic heterocycles. The molecule has 0 atom stereocenters. The molecule has 1 aromatic heterocycles. The summed E-state index contributed by atoms with van der Waals surface area (Å²) in [5.74, 6) is 1.60. The Morgan fingerprint density at radius 2 is 1.87 bits per heavy atom. The molecule has 0 amide bonds. The van der Waals surface area contributed by atoms with Crippen LogP contribution >= 0.6 is 0 Å². The average Bonchev–Trinajstić information content (AvgIpc) is 3.21. The van der Waals surface area contributed by atoms with Gasteiger partial charge in [0.25, 0.3) is 0 Å². The third kappa shape index (κ3) is 9.43. The Morgan fingerprint density at radius 1 is 1.13 bits per heavy atom. The van der Waals surface area contributed by atoms with Gasteiger partial charge >= 0.3 is 0 Å². The highest BCUT2D eigenvalue weighted by molar-refractivity contribution is 7.89. The summed E-state index contributed by atoms with van der Waals surface area (Å²) >= 11 is 0. The van der Waals surface area contributed by atoms with Gasteiger partial charge in [0.15, 0.2) is 5.96 Å². The summed E-state index contributed by atoms with van der Waals surface area (Å²) < 4.78 is 33.7. The first-order valence-corrected chi connectivity index (χ1v) is 11.7. The summed E-state index contributed by atoms with van der Waals surface area (Å²) in [5, 5.41) is 11.8. The second-order valence-corrected chi connectivity index (χ2v) is 8.72. The van der Waals surface area contributed by atoms with E-state index in [9.17, 15) is 8.42 Å². The number of hydrogen-bond acceptors (Lipinski definition) is 5. The van der Waals surface area contributed by atoms with Crippen molar-refractivity contribution in [1.29, 1.82) is 0 Å². The van der Waals surface area contributed by atoms with Crippen LogP contribution in [-0.4, -0.2) is 40.2 Å². The van der Waals surface area contributed by atoms with Crippen LogP contribution in [0.25, 0.3) is 0 Å². The molecule has 0 aliphatic rings. The maximum Gasteiger partial charge on any atom is 0.238 e. The SMILES string of the molecule is CC(C)OCCCCNC(=NCc1ccc(S(N)(=O)=O)cc1)NCCc1ccco1. The van der Waals surface area contributed by atoms with Gasteiger partial charge in [0.1, 0.15) is 5.76 Å². The number of nitrogens with zero attached hydrogens (tertiary/aromatic N) is 1. The molecule has 0 aliphatic carbocycles. The molecule has 166 valence electrons. The average molecular weight is 437 g/mol. The molecule has 30 heavy (non-hydrogen) atoms. The van der Waals surface area contributed by atoms with Crippen LogP contribution in [0.1, 0.15) is 38.0 Å². The molecule has 0 bridgehead atoms. The molecule has 0 saturated heterocycles. The fourth-order valence-electron chi connectivity index (χ4n) is 2.64. The first kappa shape index (κ1) is 23.9. The van der Waals surface area contributed by atoms with Crippen molar-refractivity contribution in [3.63, 3.8) is 0 Å². The topological polar surface area (TPSA) is 119 Å². The van der Waals surface area contributed by atoms with Crippen LogP contribution in [0.3, 0.4) is 0 Å². The molecular weight excluding hydrogens is 404 g/mol. The predicted molar refractivity (Wildman–Crippen MR) is 118 cm³/mol. The van der Waals surface area contributed by atoms with Crippen LogP contribution in [-0.2, 0) is 27.7 Å². The molecule has 1 aromatic carbocycles. The minimum atomic E-state index is -3.69. The molecule has 2 rings (SSSR count). The van der Waals surface area contributed by atoms with E-state index in [0.29, 0.717) is 19.0 Å². The Bertz CT molecular complexity index is 863. The Labute approximate surface area is 179 Å². The number of primary sulfonamides is 1. The van der Waals surface area contributed by atoms with Crippen molar-refractivity contribution < 1.29 is 17.6 Å². The monoisotopic (exact) mass is 436 g/mol. The van der Waals surface area contributed by atoms with Crippen molar-refractivity contribution >= 4 is 16.0 Å². The number of ether oxygens (including phenoxy) is 1. The van der Waals surface area contributed by atoms with Gasteiger partial charge in [-0.15, -0.1) is 0 Å². The van der Waals surface area contributed by atoms with E-state index in [4.69, 9.17) is 14.3 Å². The molecule has 4 N–H and O–H groups in total. The molecule has 8 nitrogen and oxygen atoms in total. The minimum absolute atomic E-state index is 0.0915. The number of sulfonamides is 1. The second-order valence-electron chi connectivity index (χ2n) is 7.16. The van der Waals surface area contributed by atoms with Gasteiger partial charge in [0, 0.05) is 26.1 Å². The first-order chi connectivity index (χ1) is 14.3. The largest absolute Gasteiger partial charge is 0.469 e. The van der Waals surface area contributed by atoms with Gasteiger partial charge in [-0.05, 0) is 56.5 Å². The van der Waals surface area contributed by atoms with E-state index in [1.165, 1.54) is 12.1 Å². The van der Waals surface area contributed by atoms with Crippen molar-refractivity contribution in [3.05, 3.63) is 54.0 Å². The lowest BCUT2D eigenvalue weighted by Gasteiger charge is -2.13. The van der Waals surface area contributed by atoms with E-state index >= 15 is 0 Å².